The van der Waals surface area contributed by atoms with Gasteiger partial charge in [-0.15, -0.1) is 0 Å². The van der Waals surface area contributed by atoms with Gasteiger partial charge in [0.1, 0.15) is 12.2 Å². The minimum absolute atomic E-state index is 0.186. The van der Waals surface area contributed by atoms with Crippen LogP contribution in [0.4, 0.5) is 4.39 Å². The number of para-hydroxylation sites is 1. The van der Waals surface area contributed by atoms with E-state index in [9.17, 15) is 9.18 Å². The lowest BCUT2D eigenvalue weighted by molar-refractivity contribution is -0.148. The number of halogens is 1. The molecule has 0 amide bonds. The number of carbonyl (C=O) groups excluding carboxylic acids is 1. The summed E-state index contributed by atoms with van der Waals surface area (Å²) in [5, 5.41) is 0. The molecule has 0 spiro atoms. The summed E-state index contributed by atoms with van der Waals surface area (Å²) in [7, 11) is 0. The van der Waals surface area contributed by atoms with E-state index in [0.29, 0.717) is 24.7 Å². The number of alkyl halides is 1. The number of likely N-dealkylation sites (tertiary alicyclic amines) is 1. The molecule has 0 radical (unpaired) electrons. The fourth-order valence-electron chi connectivity index (χ4n) is 2.84. The predicted molar refractivity (Wildman–Crippen MR) is 72.9 cm³/mol. The van der Waals surface area contributed by atoms with Gasteiger partial charge in [-0.3, -0.25) is 9.69 Å². The second-order valence-corrected chi connectivity index (χ2v) is 5.18. The standard InChI is InChI=1S/C15H18FNO4/c1-2-19-15(18)12-6-11(16)8-17(12)7-10-4-3-5-13-14(10)21-9-20-13/h3-5,11-12H,2,6-9H2,1H3/t11-,12+/m0/s1. The Hall–Kier alpha value is -1.82. The fourth-order valence-corrected chi connectivity index (χ4v) is 2.84. The Morgan fingerprint density at radius 3 is 3.14 bits per heavy atom. The van der Waals surface area contributed by atoms with Crippen molar-refractivity contribution in [2.45, 2.75) is 32.1 Å². The Morgan fingerprint density at radius 2 is 2.33 bits per heavy atom. The minimum atomic E-state index is -1.01. The zero-order valence-corrected chi connectivity index (χ0v) is 11.9. The van der Waals surface area contributed by atoms with Crippen molar-refractivity contribution in [3.05, 3.63) is 23.8 Å². The molecule has 0 unspecified atom stereocenters. The quantitative estimate of drug-likeness (QED) is 0.794. The van der Waals surface area contributed by atoms with Crippen LogP contribution >= 0.6 is 0 Å². The number of hydrogen-bond donors (Lipinski definition) is 0. The maximum atomic E-state index is 13.7. The van der Waals surface area contributed by atoms with Crippen LogP contribution in [0.25, 0.3) is 0 Å². The van der Waals surface area contributed by atoms with Crippen molar-refractivity contribution in [1.82, 2.24) is 4.90 Å². The monoisotopic (exact) mass is 295 g/mol. The molecular weight excluding hydrogens is 277 g/mol. The van der Waals surface area contributed by atoms with E-state index < -0.39 is 12.2 Å². The first-order valence-corrected chi connectivity index (χ1v) is 7.11. The molecule has 5 nitrogen and oxygen atoms in total. The van der Waals surface area contributed by atoms with E-state index in [4.69, 9.17) is 14.2 Å². The molecule has 0 aromatic heterocycles. The summed E-state index contributed by atoms with van der Waals surface area (Å²) in [4.78, 5) is 13.7. The van der Waals surface area contributed by atoms with Crippen molar-refractivity contribution >= 4 is 5.97 Å². The van der Waals surface area contributed by atoms with Crippen LogP contribution in [0.15, 0.2) is 18.2 Å². The van der Waals surface area contributed by atoms with Crippen molar-refractivity contribution in [3.63, 3.8) is 0 Å². The number of ether oxygens (including phenoxy) is 3. The first kappa shape index (κ1) is 14.1. The highest BCUT2D eigenvalue weighted by Crippen LogP contribution is 2.37. The number of fused-ring (bicyclic) bond motifs is 1. The minimum Gasteiger partial charge on any atom is -0.465 e. The second-order valence-electron chi connectivity index (χ2n) is 5.18. The number of nitrogens with zero attached hydrogens (tertiary/aromatic N) is 1. The summed E-state index contributed by atoms with van der Waals surface area (Å²) in [6.07, 6.45) is -0.820. The Labute approximate surface area is 122 Å². The first-order chi connectivity index (χ1) is 10.2. The van der Waals surface area contributed by atoms with Crippen LogP contribution in [0.5, 0.6) is 11.5 Å². The van der Waals surface area contributed by atoms with Gasteiger partial charge in [0.05, 0.1) is 6.61 Å². The molecule has 1 aromatic rings. The lowest BCUT2D eigenvalue weighted by atomic mass is 10.1. The molecule has 0 N–H and O–H groups in total. The second kappa shape index (κ2) is 5.89. The fraction of sp³-hybridized carbons (Fsp3) is 0.533. The van der Waals surface area contributed by atoms with Crippen molar-refractivity contribution in [2.24, 2.45) is 0 Å². The van der Waals surface area contributed by atoms with Crippen molar-refractivity contribution < 1.29 is 23.4 Å². The summed E-state index contributed by atoms with van der Waals surface area (Å²) in [5.41, 5.74) is 0.897. The highest BCUT2D eigenvalue weighted by atomic mass is 19.1. The van der Waals surface area contributed by atoms with E-state index in [0.717, 1.165) is 5.56 Å². The zero-order chi connectivity index (χ0) is 14.8. The van der Waals surface area contributed by atoms with Gasteiger partial charge in [0, 0.05) is 25.1 Å². The zero-order valence-electron chi connectivity index (χ0n) is 11.9. The maximum absolute atomic E-state index is 13.7. The van der Waals surface area contributed by atoms with E-state index in [1.807, 2.05) is 18.2 Å². The molecule has 114 valence electrons. The Kier molecular flexibility index (Phi) is 3.96. The van der Waals surface area contributed by atoms with Gasteiger partial charge < -0.3 is 14.2 Å². The van der Waals surface area contributed by atoms with Crippen LogP contribution < -0.4 is 9.47 Å². The van der Waals surface area contributed by atoms with Crippen LogP contribution in [0, 0.1) is 0 Å². The molecule has 6 heteroatoms. The molecular formula is C15H18FNO4. The third kappa shape index (κ3) is 2.81. The normalized spacial score (nSPS) is 24.3. The average Bonchev–Trinajstić information content (AvgIpc) is 3.06. The third-order valence-corrected chi connectivity index (χ3v) is 3.76. The molecule has 2 heterocycles. The molecule has 1 saturated heterocycles. The predicted octanol–water partition coefficient (Wildman–Crippen LogP) is 1.89. The SMILES string of the molecule is CCOC(=O)[C@H]1C[C@H](F)CN1Cc1cccc2c1OCO2. The molecule has 0 aliphatic carbocycles. The van der Waals surface area contributed by atoms with Crippen LogP contribution in [-0.4, -0.2) is 43.0 Å². The summed E-state index contributed by atoms with van der Waals surface area (Å²) < 4.78 is 29.5. The number of benzene rings is 1. The van der Waals surface area contributed by atoms with E-state index in [2.05, 4.69) is 0 Å². The summed E-state index contributed by atoms with van der Waals surface area (Å²) >= 11 is 0. The van der Waals surface area contributed by atoms with Gasteiger partial charge in [0.2, 0.25) is 6.79 Å². The molecule has 3 rings (SSSR count). The Bertz CT molecular complexity index is 536. The molecule has 2 atom stereocenters. The average molecular weight is 295 g/mol. The lowest BCUT2D eigenvalue weighted by Crippen LogP contribution is -2.36. The van der Waals surface area contributed by atoms with Gasteiger partial charge in [-0.2, -0.15) is 0 Å². The molecule has 0 bridgehead atoms. The molecule has 21 heavy (non-hydrogen) atoms. The lowest BCUT2D eigenvalue weighted by Gasteiger charge is -2.22. The highest BCUT2D eigenvalue weighted by Gasteiger charge is 2.38. The number of rotatable bonds is 4. The van der Waals surface area contributed by atoms with E-state index >= 15 is 0 Å². The van der Waals surface area contributed by atoms with Crippen molar-refractivity contribution in [2.75, 3.05) is 19.9 Å². The van der Waals surface area contributed by atoms with Crippen molar-refractivity contribution in [1.29, 1.82) is 0 Å². The summed E-state index contributed by atoms with van der Waals surface area (Å²) in [6, 6.07) is 5.07. The maximum Gasteiger partial charge on any atom is 0.323 e. The van der Waals surface area contributed by atoms with Crippen molar-refractivity contribution in [3.8, 4) is 11.5 Å². The van der Waals surface area contributed by atoms with E-state index in [-0.39, 0.29) is 25.7 Å². The van der Waals surface area contributed by atoms with Crippen LogP contribution in [0.3, 0.4) is 0 Å². The van der Waals surface area contributed by atoms with Gasteiger partial charge in [0.25, 0.3) is 0 Å². The van der Waals surface area contributed by atoms with Gasteiger partial charge in [-0.1, -0.05) is 12.1 Å². The molecule has 1 aromatic carbocycles. The molecule has 1 fully saturated rings. The molecule has 2 aliphatic heterocycles. The highest BCUT2D eigenvalue weighted by molar-refractivity contribution is 5.76. The smallest absolute Gasteiger partial charge is 0.323 e. The number of esters is 1. The van der Waals surface area contributed by atoms with E-state index in [1.54, 1.807) is 11.8 Å². The summed E-state index contributed by atoms with van der Waals surface area (Å²) in [5.74, 6) is 1.01. The van der Waals surface area contributed by atoms with E-state index in [1.165, 1.54) is 0 Å². The molecule has 0 saturated carbocycles. The van der Waals surface area contributed by atoms with Crippen LogP contribution in [0.1, 0.15) is 18.9 Å². The summed E-state index contributed by atoms with van der Waals surface area (Å²) in [6.45, 7) is 2.92. The number of hydrogen-bond acceptors (Lipinski definition) is 5. The van der Waals surface area contributed by atoms with Gasteiger partial charge in [0.15, 0.2) is 11.5 Å². The Balaban J connectivity index is 1.77. The van der Waals surface area contributed by atoms with Crippen LogP contribution in [-0.2, 0) is 16.1 Å². The molecule has 2 aliphatic rings. The largest absolute Gasteiger partial charge is 0.465 e. The number of carbonyl (C=O) groups is 1. The van der Waals surface area contributed by atoms with Gasteiger partial charge in [-0.05, 0) is 13.0 Å². The van der Waals surface area contributed by atoms with Gasteiger partial charge >= 0.3 is 5.97 Å². The van der Waals surface area contributed by atoms with Gasteiger partial charge in [-0.25, -0.2) is 4.39 Å². The third-order valence-electron chi connectivity index (χ3n) is 3.76. The Morgan fingerprint density at radius 1 is 1.48 bits per heavy atom. The topological polar surface area (TPSA) is 48.0 Å². The van der Waals surface area contributed by atoms with Crippen LogP contribution in [0.2, 0.25) is 0 Å². The first-order valence-electron chi connectivity index (χ1n) is 7.11.